The number of nitrogens with one attached hydrogen (secondary N) is 1. The van der Waals surface area contributed by atoms with Crippen LogP contribution in [0.4, 0.5) is 0 Å². The Morgan fingerprint density at radius 2 is 2.10 bits per heavy atom. The van der Waals surface area contributed by atoms with Gasteiger partial charge in [0.05, 0.1) is 0 Å². The largest absolute Gasteiger partial charge is 0.330 e. The second-order valence-corrected chi connectivity index (χ2v) is 5.50. The molecule has 0 aromatic carbocycles. The first-order valence-electron chi connectivity index (χ1n) is 7.24. The average molecular weight is 280 g/mol. The van der Waals surface area contributed by atoms with Crippen molar-refractivity contribution in [1.82, 2.24) is 19.4 Å². The van der Waals surface area contributed by atoms with Gasteiger partial charge >= 0.3 is 5.69 Å². The molecule has 1 aromatic rings. The smallest absolute Gasteiger partial charge is 0.313 e. The second kappa shape index (κ2) is 6.37. The Labute approximate surface area is 119 Å². The molecule has 1 N–H and O–H groups in total. The van der Waals surface area contributed by atoms with E-state index >= 15 is 0 Å². The van der Waals surface area contributed by atoms with Crippen molar-refractivity contribution in [3.63, 3.8) is 0 Å². The summed E-state index contributed by atoms with van der Waals surface area (Å²) in [7, 11) is 3.23. The Bertz CT molecular complexity index is 570. The molecule has 6 heteroatoms. The van der Waals surface area contributed by atoms with Crippen LogP contribution >= 0.6 is 0 Å². The molecule has 0 bridgehead atoms. The Balaban J connectivity index is 2.15. The minimum absolute atomic E-state index is 0.238. The van der Waals surface area contributed by atoms with E-state index < -0.39 is 0 Å². The number of rotatable bonds is 5. The van der Waals surface area contributed by atoms with Crippen molar-refractivity contribution in [3.05, 3.63) is 32.6 Å². The van der Waals surface area contributed by atoms with Gasteiger partial charge in [0.1, 0.15) is 0 Å². The lowest BCUT2D eigenvalue weighted by Gasteiger charge is -2.25. The second-order valence-electron chi connectivity index (χ2n) is 5.50. The Hall–Kier alpha value is -1.40. The molecule has 0 saturated carbocycles. The number of hydrogen-bond acceptors (Lipinski definition) is 4. The first-order valence-corrected chi connectivity index (χ1v) is 7.24. The van der Waals surface area contributed by atoms with E-state index in [1.54, 1.807) is 17.7 Å². The molecule has 1 aromatic heterocycles. The predicted molar refractivity (Wildman–Crippen MR) is 78.9 cm³/mol. The molecule has 2 rings (SSSR count). The van der Waals surface area contributed by atoms with Crippen LogP contribution in [0.15, 0.2) is 15.7 Å². The van der Waals surface area contributed by atoms with Crippen molar-refractivity contribution in [2.75, 3.05) is 19.6 Å². The monoisotopic (exact) mass is 280 g/mol. The van der Waals surface area contributed by atoms with Crippen LogP contribution in [0.2, 0.25) is 0 Å². The lowest BCUT2D eigenvalue weighted by molar-refractivity contribution is 0.246. The SMILES string of the molecule is CCN(Cc1cc(=O)n(C)c(=O)n1C)CC1CCCN1. The van der Waals surface area contributed by atoms with Gasteiger partial charge < -0.3 is 5.32 Å². The summed E-state index contributed by atoms with van der Waals surface area (Å²) in [4.78, 5) is 25.9. The molecule has 1 aliphatic rings. The number of likely N-dealkylation sites (N-methyl/N-ethyl adjacent to an activating group) is 1. The third-order valence-corrected chi connectivity index (χ3v) is 4.10. The Morgan fingerprint density at radius 3 is 2.70 bits per heavy atom. The molecule has 0 aliphatic carbocycles. The third-order valence-electron chi connectivity index (χ3n) is 4.10. The maximum Gasteiger partial charge on any atom is 0.330 e. The maximum atomic E-state index is 11.9. The van der Waals surface area contributed by atoms with Crippen LogP contribution in [-0.2, 0) is 20.6 Å². The van der Waals surface area contributed by atoms with Gasteiger partial charge in [-0.1, -0.05) is 6.92 Å². The van der Waals surface area contributed by atoms with E-state index in [0.717, 1.165) is 29.9 Å². The summed E-state index contributed by atoms with van der Waals surface area (Å²) >= 11 is 0. The van der Waals surface area contributed by atoms with Crippen molar-refractivity contribution < 1.29 is 0 Å². The molecular formula is C14H24N4O2. The van der Waals surface area contributed by atoms with Crippen molar-refractivity contribution in [2.45, 2.75) is 32.4 Å². The fourth-order valence-electron chi connectivity index (χ4n) is 2.69. The van der Waals surface area contributed by atoms with Gasteiger partial charge in [0.2, 0.25) is 0 Å². The zero-order valence-electron chi connectivity index (χ0n) is 12.6. The fourth-order valence-corrected chi connectivity index (χ4v) is 2.69. The van der Waals surface area contributed by atoms with E-state index in [4.69, 9.17) is 0 Å². The molecule has 1 fully saturated rings. The standard InChI is InChI=1S/C14H24N4O2/c1-4-18(9-11-6-5-7-15-11)10-12-8-13(19)17(3)14(20)16(12)2/h8,11,15H,4-7,9-10H2,1-3H3. The topological polar surface area (TPSA) is 59.3 Å². The Kier molecular flexibility index (Phi) is 4.77. The summed E-state index contributed by atoms with van der Waals surface area (Å²) in [5.74, 6) is 0. The highest BCUT2D eigenvalue weighted by molar-refractivity contribution is 5.02. The highest BCUT2D eigenvalue weighted by Gasteiger charge is 2.18. The molecular weight excluding hydrogens is 256 g/mol. The van der Waals surface area contributed by atoms with Crippen molar-refractivity contribution >= 4 is 0 Å². The van der Waals surface area contributed by atoms with Crippen molar-refractivity contribution in [3.8, 4) is 0 Å². The van der Waals surface area contributed by atoms with Gasteiger partial charge in [-0.05, 0) is 25.9 Å². The van der Waals surface area contributed by atoms with Gasteiger partial charge in [0.15, 0.2) is 0 Å². The van der Waals surface area contributed by atoms with Crippen LogP contribution in [-0.4, -0.2) is 39.7 Å². The van der Waals surface area contributed by atoms with Crippen LogP contribution in [0.25, 0.3) is 0 Å². The van der Waals surface area contributed by atoms with Gasteiger partial charge in [-0.25, -0.2) is 4.79 Å². The molecule has 0 radical (unpaired) electrons. The average Bonchev–Trinajstić information content (AvgIpc) is 2.94. The molecule has 6 nitrogen and oxygen atoms in total. The van der Waals surface area contributed by atoms with Crippen molar-refractivity contribution in [1.29, 1.82) is 0 Å². The minimum Gasteiger partial charge on any atom is -0.313 e. The summed E-state index contributed by atoms with van der Waals surface area (Å²) in [5, 5.41) is 3.48. The lowest BCUT2D eigenvalue weighted by Crippen LogP contribution is -2.41. The van der Waals surface area contributed by atoms with Crippen molar-refractivity contribution in [2.24, 2.45) is 14.1 Å². The van der Waals surface area contributed by atoms with E-state index in [-0.39, 0.29) is 11.2 Å². The van der Waals surface area contributed by atoms with Crippen LogP contribution < -0.4 is 16.6 Å². The van der Waals surface area contributed by atoms with E-state index in [9.17, 15) is 9.59 Å². The van der Waals surface area contributed by atoms with Gasteiger partial charge in [-0.2, -0.15) is 0 Å². The molecule has 1 atom stereocenters. The molecule has 1 unspecified atom stereocenters. The molecule has 20 heavy (non-hydrogen) atoms. The van der Waals surface area contributed by atoms with Gasteiger partial charge in [-0.3, -0.25) is 18.8 Å². The van der Waals surface area contributed by atoms with E-state index in [2.05, 4.69) is 17.1 Å². The highest BCUT2D eigenvalue weighted by Crippen LogP contribution is 2.09. The van der Waals surface area contributed by atoms with E-state index in [1.165, 1.54) is 19.9 Å². The number of hydrogen-bond donors (Lipinski definition) is 1. The summed E-state index contributed by atoms with van der Waals surface area (Å²) < 4.78 is 2.70. The zero-order chi connectivity index (χ0) is 14.7. The predicted octanol–water partition coefficient (Wildman–Crippen LogP) is -0.342. The van der Waals surface area contributed by atoms with E-state index in [0.29, 0.717) is 12.6 Å². The minimum atomic E-state index is -0.262. The van der Waals surface area contributed by atoms with Gasteiger partial charge in [-0.15, -0.1) is 0 Å². The maximum absolute atomic E-state index is 11.9. The quantitative estimate of drug-likeness (QED) is 0.801. The highest BCUT2D eigenvalue weighted by atomic mass is 16.2. The third kappa shape index (κ3) is 3.19. The zero-order valence-corrected chi connectivity index (χ0v) is 12.6. The molecule has 1 aliphatic heterocycles. The summed E-state index contributed by atoms with van der Waals surface area (Å²) in [6, 6.07) is 2.09. The first kappa shape index (κ1) is 15.0. The van der Waals surface area contributed by atoms with Crippen LogP contribution in [0.5, 0.6) is 0 Å². The molecule has 0 amide bonds. The van der Waals surface area contributed by atoms with Gasteiger partial charge in [0.25, 0.3) is 5.56 Å². The number of nitrogens with zero attached hydrogens (tertiary/aromatic N) is 3. The van der Waals surface area contributed by atoms with Gasteiger partial charge in [0, 0.05) is 45.0 Å². The molecule has 2 heterocycles. The molecule has 112 valence electrons. The molecule has 0 spiro atoms. The summed E-state index contributed by atoms with van der Waals surface area (Å²) in [5.41, 5.74) is 0.277. The normalized spacial score (nSPS) is 18.9. The fraction of sp³-hybridized carbons (Fsp3) is 0.714. The summed E-state index contributed by atoms with van der Waals surface area (Å²) in [6.07, 6.45) is 2.43. The molecule has 1 saturated heterocycles. The van der Waals surface area contributed by atoms with Crippen LogP contribution in [0, 0.1) is 0 Å². The van der Waals surface area contributed by atoms with Crippen LogP contribution in [0.1, 0.15) is 25.5 Å². The lowest BCUT2D eigenvalue weighted by atomic mass is 10.2. The van der Waals surface area contributed by atoms with E-state index in [1.807, 2.05) is 0 Å². The summed E-state index contributed by atoms with van der Waals surface area (Å²) in [6.45, 7) is 5.69. The van der Waals surface area contributed by atoms with Crippen LogP contribution in [0.3, 0.4) is 0 Å². The Morgan fingerprint density at radius 1 is 1.35 bits per heavy atom. The number of aromatic nitrogens is 2. The first-order chi connectivity index (χ1) is 9.52.